The SMILES string of the molecule is COc1cc(O)c(CNc2nc(N3CCCC3CO)nc3n[nH]nc23)c(O)c1. The molecule has 0 radical (unpaired) electrons. The van der Waals surface area contributed by atoms with E-state index in [0.29, 0.717) is 34.2 Å². The van der Waals surface area contributed by atoms with Crippen molar-refractivity contribution in [1.82, 2.24) is 25.4 Å². The van der Waals surface area contributed by atoms with Gasteiger partial charge in [-0.3, -0.25) is 0 Å². The second-order valence-electron chi connectivity index (χ2n) is 6.54. The van der Waals surface area contributed by atoms with Gasteiger partial charge in [-0.2, -0.15) is 20.3 Å². The molecule has 5 N–H and O–H groups in total. The fourth-order valence-electron chi connectivity index (χ4n) is 3.36. The first kappa shape index (κ1) is 18.0. The van der Waals surface area contributed by atoms with Gasteiger partial charge in [0.1, 0.15) is 17.2 Å². The molecule has 11 nitrogen and oxygen atoms in total. The van der Waals surface area contributed by atoms with Gasteiger partial charge in [-0.15, -0.1) is 5.10 Å². The molecule has 11 heteroatoms. The molecule has 0 amide bonds. The molecular weight excluding hydrogens is 366 g/mol. The molecule has 3 aromatic rings. The molecule has 1 atom stereocenters. The van der Waals surface area contributed by atoms with Crippen LogP contribution in [0, 0.1) is 0 Å². The number of nitrogens with zero attached hydrogens (tertiary/aromatic N) is 5. The van der Waals surface area contributed by atoms with Gasteiger partial charge in [0.05, 0.1) is 25.3 Å². The highest BCUT2D eigenvalue weighted by atomic mass is 16.5. The minimum atomic E-state index is -0.102. The highest BCUT2D eigenvalue weighted by Crippen LogP contribution is 2.33. The molecule has 0 bridgehead atoms. The van der Waals surface area contributed by atoms with Gasteiger partial charge in [0.2, 0.25) is 11.6 Å². The molecule has 0 spiro atoms. The molecule has 1 aliphatic rings. The van der Waals surface area contributed by atoms with Crippen molar-refractivity contribution < 1.29 is 20.1 Å². The molecule has 1 aliphatic heterocycles. The molecule has 0 aliphatic carbocycles. The number of hydrogen-bond acceptors (Lipinski definition) is 10. The second kappa shape index (κ2) is 7.35. The Labute approximate surface area is 160 Å². The topological polar surface area (TPSA) is 153 Å². The average molecular weight is 387 g/mol. The quantitative estimate of drug-likeness (QED) is 0.409. The van der Waals surface area contributed by atoms with Crippen molar-refractivity contribution in [3.8, 4) is 17.2 Å². The number of anilines is 2. The van der Waals surface area contributed by atoms with E-state index in [0.717, 1.165) is 19.4 Å². The van der Waals surface area contributed by atoms with Crippen LogP contribution >= 0.6 is 0 Å². The number of benzene rings is 1. The largest absolute Gasteiger partial charge is 0.507 e. The van der Waals surface area contributed by atoms with Gasteiger partial charge < -0.3 is 30.3 Å². The zero-order valence-corrected chi connectivity index (χ0v) is 15.3. The number of H-pyrrole nitrogens is 1. The zero-order valence-electron chi connectivity index (χ0n) is 15.3. The highest BCUT2D eigenvalue weighted by molar-refractivity contribution is 5.83. The third-order valence-corrected chi connectivity index (χ3v) is 4.86. The number of rotatable bonds is 6. The first-order valence-corrected chi connectivity index (χ1v) is 8.89. The maximum absolute atomic E-state index is 10.2. The van der Waals surface area contributed by atoms with Crippen LogP contribution in [0.4, 0.5) is 11.8 Å². The molecule has 3 heterocycles. The first-order chi connectivity index (χ1) is 13.6. The van der Waals surface area contributed by atoms with Crippen molar-refractivity contribution in [3.05, 3.63) is 17.7 Å². The lowest BCUT2D eigenvalue weighted by Gasteiger charge is -2.23. The standard InChI is InChI=1S/C17H21N7O4/c1-28-10-5-12(26)11(13(27)6-10)7-18-15-14-16(22-23-21-14)20-17(19-15)24-4-2-3-9(24)8-25/h5-6,9,25-27H,2-4,7-8H2,1H3,(H2,18,19,20,21,22,23). The highest BCUT2D eigenvalue weighted by Gasteiger charge is 2.27. The number of ether oxygens (including phenoxy) is 1. The molecule has 4 rings (SSSR count). The summed E-state index contributed by atoms with van der Waals surface area (Å²) < 4.78 is 5.02. The number of phenolic OH excluding ortho intramolecular Hbond substituents is 2. The van der Waals surface area contributed by atoms with Gasteiger partial charge in [0, 0.05) is 25.2 Å². The van der Waals surface area contributed by atoms with Crippen LogP contribution in [0.15, 0.2) is 12.1 Å². The van der Waals surface area contributed by atoms with Crippen LogP contribution in [0.2, 0.25) is 0 Å². The summed E-state index contributed by atoms with van der Waals surface area (Å²) in [6.07, 6.45) is 1.81. The van der Waals surface area contributed by atoms with Gasteiger partial charge in [-0.25, -0.2) is 0 Å². The van der Waals surface area contributed by atoms with Crippen molar-refractivity contribution in [1.29, 1.82) is 0 Å². The zero-order chi connectivity index (χ0) is 19.7. The Bertz CT molecular complexity index is 970. The van der Waals surface area contributed by atoms with Crippen molar-refractivity contribution in [2.75, 3.05) is 30.5 Å². The van der Waals surface area contributed by atoms with Gasteiger partial charge in [-0.05, 0) is 12.8 Å². The van der Waals surface area contributed by atoms with Crippen LogP contribution < -0.4 is 15.0 Å². The van der Waals surface area contributed by atoms with Gasteiger partial charge in [0.15, 0.2) is 11.3 Å². The van der Waals surface area contributed by atoms with E-state index in [4.69, 9.17) is 4.74 Å². The molecular formula is C17H21N7O4. The van der Waals surface area contributed by atoms with Crippen LogP contribution in [0.1, 0.15) is 18.4 Å². The molecule has 1 saturated heterocycles. The number of hydrogen-bond donors (Lipinski definition) is 5. The van der Waals surface area contributed by atoms with E-state index >= 15 is 0 Å². The molecule has 2 aromatic heterocycles. The van der Waals surface area contributed by atoms with E-state index in [1.807, 2.05) is 4.90 Å². The maximum atomic E-state index is 10.2. The summed E-state index contributed by atoms with van der Waals surface area (Å²) in [6, 6.07) is 2.81. The lowest BCUT2D eigenvalue weighted by atomic mass is 10.1. The minimum Gasteiger partial charge on any atom is -0.507 e. The lowest BCUT2D eigenvalue weighted by Crippen LogP contribution is -2.33. The van der Waals surface area contributed by atoms with Gasteiger partial charge >= 0.3 is 0 Å². The fourth-order valence-corrected chi connectivity index (χ4v) is 3.36. The smallest absolute Gasteiger partial charge is 0.229 e. The number of methoxy groups -OCH3 is 1. The summed E-state index contributed by atoms with van der Waals surface area (Å²) in [5.41, 5.74) is 1.13. The molecule has 0 saturated carbocycles. The third kappa shape index (κ3) is 3.20. The summed E-state index contributed by atoms with van der Waals surface area (Å²) >= 11 is 0. The number of phenols is 2. The Hall–Kier alpha value is -3.34. The van der Waals surface area contributed by atoms with Crippen molar-refractivity contribution in [2.45, 2.75) is 25.4 Å². The monoisotopic (exact) mass is 387 g/mol. The van der Waals surface area contributed by atoms with Crippen LogP contribution in [-0.4, -0.2) is 67.0 Å². The predicted molar refractivity (Wildman–Crippen MR) is 101 cm³/mol. The number of fused-ring (bicyclic) bond motifs is 1. The summed E-state index contributed by atoms with van der Waals surface area (Å²) in [6.45, 7) is 0.869. The van der Waals surface area contributed by atoms with E-state index in [1.54, 1.807) is 0 Å². The molecule has 148 valence electrons. The Balaban J connectivity index is 1.65. The van der Waals surface area contributed by atoms with E-state index in [-0.39, 0.29) is 30.7 Å². The Morgan fingerprint density at radius 3 is 2.75 bits per heavy atom. The van der Waals surface area contributed by atoms with Crippen LogP contribution in [0.3, 0.4) is 0 Å². The number of aromatic hydroxyl groups is 2. The van der Waals surface area contributed by atoms with E-state index < -0.39 is 0 Å². The number of aromatic nitrogens is 5. The Morgan fingerprint density at radius 2 is 2.04 bits per heavy atom. The predicted octanol–water partition coefficient (Wildman–Crippen LogP) is 0.741. The van der Waals surface area contributed by atoms with Crippen molar-refractivity contribution >= 4 is 22.9 Å². The summed E-state index contributed by atoms with van der Waals surface area (Å²) in [5.74, 6) is 1.01. The number of nitrogens with one attached hydrogen (secondary N) is 2. The Kier molecular flexibility index (Phi) is 4.74. The number of aliphatic hydroxyl groups is 1. The van der Waals surface area contributed by atoms with Crippen molar-refractivity contribution in [2.24, 2.45) is 0 Å². The van der Waals surface area contributed by atoms with Gasteiger partial charge in [-0.1, -0.05) is 0 Å². The summed E-state index contributed by atoms with van der Waals surface area (Å²) in [4.78, 5) is 10.9. The normalized spacial score (nSPS) is 16.6. The van der Waals surface area contributed by atoms with E-state index in [1.165, 1.54) is 19.2 Å². The maximum Gasteiger partial charge on any atom is 0.229 e. The van der Waals surface area contributed by atoms with E-state index in [9.17, 15) is 15.3 Å². The lowest BCUT2D eigenvalue weighted by molar-refractivity contribution is 0.265. The first-order valence-electron chi connectivity index (χ1n) is 8.89. The van der Waals surface area contributed by atoms with Crippen LogP contribution in [0.25, 0.3) is 11.2 Å². The third-order valence-electron chi connectivity index (χ3n) is 4.86. The number of aromatic amines is 1. The van der Waals surface area contributed by atoms with E-state index in [2.05, 4.69) is 30.7 Å². The fraction of sp³-hybridized carbons (Fsp3) is 0.412. The van der Waals surface area contributed by atoms with Crippen molar-refractivity contribution in [3.63, 3.8) is 0 Å². The Morgan fingerprint density at radius 1 is 1.25 bits per heavy atom. The van der Waals surface area contributed by atoms with Crippen LogP contribution in [-0.2, 0) is 6.54 Å². The molecule has 1 fully saturated rings. The second-order valence-corrected chi connectivity index (χ2v) is 6.54. The summed E-state index contributed by atoms with van der Waals surface area (Å²) in [5, 5.41) is 43.6. The average Bonchev–Trinajstić information content (AvgIpc) is 3.35. The molecule has 1 unspecified atom stereocenters. The van der Waals surface area contributed by atoms with Crippen LogP contribution in [0.5, 0.6) is 17.2 Å². The minimum absolute atomic E-state index is 0.0244. The summed E-state index contributed by atoms with van der Waals surface area (Å²) in [7, 11) is 1.45. The number of aliphatic hydroxyl groups excluding tert-OH is 1. The van der Waals surface area contributed by atoms with Gasteiger partial charge in [0.25, 0.3) is 0 Å². The molecule has 28 heavy (non-hydrogen) atoms. The molecule has 1 aromatic carbocycles.